The van der Waals surface area contributed by atoms with Gasteiger partial charge in [0.05, 0.1) is 17.0 Å². The number of primary amides is 1. The van der Waals surface area contributed by atoms with Crippen LogP contribution in [0.1, 0.15) is 42.3 Å². The lowest BCUT2D eigenvalue weighted by Gasteiger charge is -2.33. The number of amides is 1. The van der Waals surface area contributed by atoms with E-state index < -0.39 is 0 Å². The van der Waals surface area contributed by atoms with Crippen molar-refractivity contribution >= 4 is 11.9 Å². The maximum Gasteiger partial charge on any atom is 0.225 e. The zero-order valence-electron chi connectivity index (χ0n) is 16.5. The summed E-state index contributed by atoms with van der Waals surface area (Å²) in [5.41, 5.74) is 9.15. The van der Waals surface area contributed by atoms with E-state index in [0.29, 0.717) is 18.9 Å². The van der Waals surface area contributed by atoms with E-state index in [0.717, 1.165) is 54.2 Å². The van der Waals surface area contributed by atoms with Gasteiger partial charge in [-0.3, -0.25) is 4.79 Å². The average Bonchev–Trinajstić information content (AvgIpc) is 2.98. The Balaban J connectivity index is 1.97. The Labute approximate surface area is 159 Å². The highest BCUT2D eigenvalue weighted by Crippen LogP contribution is 2.36. The Hall–Kier alpha value is -2.48. The quantitative estimate of drug-likeness (QED) is 0.826. The maximum atomic E-state index is 11.1. The second kappa shape index (κ2) is 8.04. The molecule has 2 aromatic rings. The van der Waals surface area contributed by atoms with Crippen LogP contribution in [0.4, 0.5) is 5.95 Å². The maximum absolute atomic E-state index is 11.1. The second-order valence-electron chi connectivity index (χ2n) is 7.42. The van der Waals surface area contributed by atoms with E-state index in [2.05, 4.69) is 15.0 Å². The van der Waals surface area contributed by atoms with Crippen molar-refractivity contribution in [1.82, 2.24) is 20.0 Å². The van der Waals surface area contributed by atoms with Gasteiger partial charge in [0.25, 0.3) is 0 Å². The van der Waals surface area contributed by atoms with E-state index >= 15 is 0 Å². The van der Waals surface area contributed by atoms with Crippen LogP contribution in [0.15, 0.2) is 10.7 Å². The van der Waals surface area contributed by atoms with Crippen molar-refractivity contribution in [2.45, 2.75) is 39.0 Å². The normalized spacial score (nSPS) is 17.9. The molecule has 0 spiro atoms. The van der Waals surface area contributed by atoms with Crippen LogP contribution in [0.3, 0.4) is 0 Å². The fraction of sp³-hybridized carbons (Fsp3) is 0.579. The molecule has 0 saturated carbocycles. The zero-order valence-corrected chi connectivity index (χ0v) is 16.5. The molecule has 1 atom stereocenters. The summed E-state index contributed by atoms with van der Waals surface area (Å²) >= 11 is 0. The summed E-state index contributed by atoms with van der Waals surface area (Å²) in [6, 6.07) is 0. The van der Waals surface area contributed by atoms with Crippen LogP contribution >= 0.6 is 0 Å². The van der Waals surface area contributed by atoms with Crippen LogP contribution in [-0.2, 0) is 4.79 Å². The number of anilines is 1. The topological polar surface area (TPSA) is 101 Å². The number of carbonyl (C=O) groups excluding carboxylic acids is 1. The molecule has 2 N–H and O–H groups in total. The lowest BCUT2D eigenvalue weighted by atomic mass is 9.89. The number of nitrogens with two attached hydrogens (primary N) is 1. The van der Waals surface area contributed by atoms with Crippen molar-refractivity contribution in [2.75, 3.05) is 38.6 Å². The summed E-state index contributed by atoms with van der Waals surface area (Å²) < 4.78 is 5.38. The third-order valence-corrected chi connectivity index (χ3v) is 5.07. The Kier molecular flexibility index (Phi) is 5.74. The molecular weight excluding hydrogens is 344 g/mol. The summed E-state index contributed by atoms with van der Waals surface area (Å²) in [4.78, 5) is 24.8. The first-order chi connectivity index (χ1) is 12.9. The third kappa shape index (κ3) is 4.27. The molecule has 0 aromatic carbocycles. The molecule has 1 aliphatic rings. The number of hydrogen-bond donors (Lipinski definition) is 1. The number of carbonyl (C=O) groups is 1. The van der Waals surface area contributed by atoms with Crippen LogP contribution in [-0.4, -0.2) is 59.7 Å². The molecule has 0 unspecified atom stereocenters. The first-order valence-electron chi connectivity index (χ1n) is 9.35. The summed E-state index contributed by atoms with van der Waals surface area (Å²) in [7, 11) is 3.88. The Morgan fingerprint density at radius 2 is 2.19 bits per heavy atom. The van der Waals surface area contributed by atoms with Crippen molar-refractivity contribution in [3.63, 3.8) is 0 Å². The molecule has 146 valence electrons. The van der Waals surface area contributed by atoms with E-state index in [1.54, 1.807) is 0 Å². The smallest absolute Gasteiger partial charge is 0.225 e. The third-order valence-electron chi connectivity index (χ3n) is 5.07. The second-order valence-corrected chi connectivity index (χ2v) is 7.42. The predicted molar refractivity (Wildman–Crippen MR) is 104 cm³/mol. The number of aromatic nitrogens is 3. The van der Waals surface area contributed by atoms with Gasteiger partial charge >= 0.3 is 0 Å². The molecule has 1 saturated heterocycles. The van der Waals surface area contributed by atoms with Gasteiger partial charge in [0.2, 0.25) is 11.9 Å². The van der Waals surface area contributed by atoms with Gasteiger partial charge in [-0.05, 0) is 33.2 Å². The minimum absolute atomic E-state index is 0.259. The Bertz CT molecular complexity index is 797. The van der Waals surface area contributed by atoms with Gasteiger partial charge in [0.1, 0.15) is 5.76 Å². The van der Waals surface area contributed by atoms with Crippen molar-refractivity contribution < 1.29 is 9.32 Å². The van der Waals surface area contributed by atoms with Gasteiger partial charge in [0.15, 0.2) is 0 Å². The molecule has 3 heterocycles. The molecule has 8 nitrogen and oxygen atoms in total. The molecule has 0 aliphatic carbocycles. The molecule has 1 aliphatic heterocycles. The van der Waals surface area contributed by atoms with Crippen LogP contribution < -0.4 is 10.6 Å². The number of hydrogen-bond acceptors (Lipinski definition) is 7. The average molecular weight is 372 g/mol. The van der Waals surface area contributed by atoms with Crippen LogP contribution in [0.2, 0.25) is 0 Å². The SMILES string of the molecule is Cc1noc(C)c1-c1cnc(N(C)C)nc1[C@H]1CCCN(CCC(N)=O)C1. The monoisotopic (exact) mass is 372 g/mol. The molecule has 1 fully saturated rings. The van der Waals surface area contributed by atoms with Gasteiger partial charge in [-0.15, -0.1) is 0 Å². The minimum atomic E-state index is -0.259. The minimum Gasteiger partial charge on any atom is -0.370 e. The van der Waals surface area contributed by atoms with E-state index in [1.165, 1.54) is 0 Å². The van der Waals surface area contributed by atoms with Gasteiger partial charge in [-0.25, -0.2) is 9.97 Å². The standard InChI is InChI=1S/C19H28N6O2/c1-12-17(13(2)27-23-12)15-10-21-19(24(3)4)22-18(15)14-6-5-8-25(11-14)9-7-16(20)26/h10,14H,5-9,11H2,1-4H3,(H2,20,26)/t14-/m0/s1. The summed E-state index contributed by atoms with van der Waals surface area (Å²) in [5.74, 6) is 1.47. The zero-order chi connectivity index (χ0) is 19.6. The number of likely N-dealkylation sites (tertiary alicyclic amines) is 1. The number of aryl methyl sites for hydroxylation is 2. The van der Waals surface area contributed by atoms with Gasteiger partial charge in [-0.1, -0.05) is 5.16 Å². The Morgan fingerprint density at radius 1 is 1.41 bits per heavy atom. The van der Waals surface area contributed by atoms with E-state index in [4.69, 9.17) is 15.2 Å². The largest absolute Gasteiger partial charge is 0.370 e. The van der Waals surface area contributed by atoms with Gasteiger partial charge < -0.3 is 20.1 Å². The van der Waals surface area contributed by atoms with Gasteiger partial charge in [0, 0.05) is 51.3 Å². The lowest BCUT2D eigenvalue weighted by Crippen LogP contribution is -2.37. The molecule has 0 radical (unpaired) electrons. The molecule has 27 heavy (non-hydrogen) atoms. The molecule has 3 rings (SSSR count). The highest BCUT2D eigenvalue weighted by Gasteiger charge is 2.28. The van der Waals surface area contributed by atoms with Crippen LogP contribution in [0, 0.1) is 13.8 Å². The summed E-state index contributed by atoms with van der Waals surface area (Å²) in [6.45, 7) is 6.39. The molecule has 0 bridgehead atoms. The summed E-state index contributed by atoms with van der Waals surface area (Å²) in [5, 5.41) is 4.10. The lowest BCUT2D eigenvalue weighted by molar-refractivity contribution is -0.118. The van der Waals surface area contributed by atoms with Gasteiger partial charge in [-0.2, -0.15) is 0 Å². The first-order valence-corrected chi connectivity index (χ1v) is 9.35. The summed E-state index contributed by atoms with van der Waals surface area (Å²) in [6.07, 6.45) is 4.38. The van der Waals surface area contributed by atoms with Crippen LogP contribution in [0.25, 0.3) is 11.1 Å². The van der Waals surface area contributed by atoms with Crippen LogP contribution in [0.5, 0.6) is 0 Å². The number of piperidine rings is 1. The highest BCUT2D eigenvalue weighted by molar-refractivity contribution is 5.74. The first kappa shape index (κ1) is 19.3. The fourth-order valence-electron chi connectivity index (χ4n) is 3.72. The van der Waals surface area contributed by atoms with Crippen molar-refractivity contribution in [3.8, 4) is 11.1 Å². The Morgan fingerprint density at radius 3 is 2.81 bits per heavy atom. The molecule has 1 amide bonds. The van der Waals surface area contributed by atoms with Crippen molar-refractivity contribution in [3.05, 3.63) is 23.3 Å². The predicted octanol–water partition coefficient (Wildman–Crippen LogP) is 1.87. The van der Waals surface area contributed by atoms with Crippen molar-refractivity contribution in [2.24, 2.45) is 5.73 Å². The van der Waals surface area contributed by atoms with E-state index in [1.807, 2.05) is 39.0 Å². The fourth-order valence-corrected chi connectivity index (χ4v) is 3.72. The number of nitrogens with zero attached hydrogens (tertiary/aromatic N) is 5. The van der Waals surface area contributed by atoms with Crippen molar-refractivity contribution in [1.29, 1.82) is 0 Å². The molecular formula is C19H28N6O2. The molecule has 2 aromatic heterocycles. The highest BCUT2D eigenvalue weighted by atomic mass is 16.5. The molecule has 8 heteroatoms. The van der Waals surface area contributed by atoms with E-state index in [9.17, 15) is 4.79 Å². The number of rotatable bonds is 6. The van der Waals surface area contributed by atoms with E-state index in [-0.39, 0.29) is 11.8 Å².